The highest BCUT2D eigenvalue weighted by Crippen LogP contribution is 2.59. The van der Waals surface area contributed by atoms with Crippen molar-refractivity contribution >= 4 is 7.60 Å². The van der Waals surface area contributed by atoms with Crippen molar-refractivity contribution in [2.24, 2.45) is 0 Å². The molecular weight excluding hydrogens is 191 g/mol. The molecule has 0 aromatic heterocycles. The van der Waals surface area contributed by atoms with Crippen LogP contribution in [0.3, 0.4) is 0 Å². The second-order valence-corrected chi connectivity index (χ2v) is 5.38. The molecule has 13 heavy (non-hydrogen) atoms. The van der Waals surface area contributed by atoms with Crippen molar-refractivity contribution in [3.8, 4) is 0 Å². The number of rotatable bonds is 6. The fraction of sp³-hybridized carbons (Fsp3) is 1.00. The smallest absolute Gasteiger partial charge is 0.361 e. The molecule has 5 heteroatoms. The molecule has 0 aromatic carbocycles. The summed E-state index contributed by atoms with van der Waals surface area (Å²) in [5.41, 5.74) is 0. The summed E-state index contributed by atoms with van der Waals surface area (Å²) >= 11 is 0. The molecule has 0 saturated heterocycles. The van der Waals surface area contributed by atoms with Crippen LogP contribution in [-0.2, 0) is 13.6 Å². The van der Waals surface area contributed by atoms with Crippen LogP contribution in [0.4, 0.5) is 0 Å². The lowest BCUT2D eigenvalue weighted by atomic mass is 10.3. The fourth-order valence-corrected chi connectivity index (χ4v) is 2.55. The zero-order valence-electron chi connectivity index (χ0n) is 8.74. The summed E-state index contributed by atoms with van der Waals surface area (Å²) in [6.07, 6.45) is 0.338. The van der Waals surface area contributed by atoms with Crippen LogP contribution in [0.2, 0.25) is 0 Å². The Morgan fingerprint density at radius 1 is 1.23 bits per heavy atom. The van der Waals surface area contributed by atoms with Crippen LogP contribution >= 0.6 is 7.60 Å². The van der Waals surface area contributed by atoms with E-state index >= 15 is 0 Å². The lowest BCUT2D eigenvalue weighted by Gasteiger charge is -2.30. The molecule has 0 aromatic rings. The Balaban J connectivity index is 4.67. The third-order valence-electron chi connectivity index (χ3n) is 1.86. The molecule has 0 saturated carbocycles. The summed E-state index contributed by atoms with van der Waals surface area (Å²) in [6, 6.07) is 0. The second-order valence-electron chi connectivity index (χ2n) is 2.90. The first kappa shape index (κ1) is 13.1. The Kier molecular flexibility index (Phi) is 5.15. The van der Waals surface area contributed by atoms with Crippen molar-refractivity contribution < 1.29 is 18.7 Å². The summed E-state index contributed by atoms with van der Waals surface area (Å²) in [5.74, 6) is 0. The molecule has 0 aliphatic rings. The molecule has 4 nitrogen and oxygen atoms in total. The maximum Gasteiger partial charge on any atom is 0.361 e. The largest absolute Gasteiger partial charge is 0.378 e. The second kappa shape index (κ2) is 5.11. The van der Waals surface area contributed by atoms with Crippen LogP contribution in [0.1, 0.15) is 34.1 Å². The van der Waals surface area contributed by atoms with E-state index in [1.54, 1.807) is 20.8 Å². The molecule has 1 unspecified atom stereocenters. The maximum atomic E-state index is 12.0. The Morgan fingerprint density at radius 2 is 1.62 bits per heavy atom. The molecule has 0 spiro atoms. The third kappa shape index (κ3) is 3.06. The average molecular weight is 210 g/mol. The summed E-state index contributed by atoms with van der Waals surface area (Å²) in [4.78, 5) is 0. The van der Waals surface area contributed by atoms with Gasteiger partial charge in [-0.25, -0.2) is 0 Å². The van der Waals surface area contributed by atoms with E-state index in [4.69, 9.17) is 9.05 Å². The molecule has 0 aliphatic heterocycles. The molecule has 0 heterocycles. The van der Waals surface area contributed by atoms with Gasteiger partial charge >= 0.3 is 7.60 Å². The first-order chi connectivity index (χ1) is 5.93. The molecule has 1 N–H and O–H groups in total. The Labute approximate surface area is 79.8 Å². The molecule has 0 fully saturated rings. The van der Waals surface area contributed by atoms with E-state index in [0.29, 0.717) is 6.42 Å². The monoisotopic (exact) mass is 210 g/mol. The minimum atomic E-state index is -3.37. The first-order valence-corrected chi connectivity index (χ1v) is 6.09. The molecule has 1 atom stereocenters. The summed E-state index contributed by atoms with van der Waals surface area (Å²) in [6.45, 7) is 7.19. The predicted octanol–water partition coefficient (Wildman–Crippen LogP) is 2.37. The normalized spacial score (nSPS) is 17.0. The van der Waals surface area contributed by atoms with Crippen LogP contribution < -0.4 is 0 Å². The van der Waals surface area contributed by atoms with Crippen molar-refractivity contribution in [2.45, 2.75) is 39.5 Å². The van der Waals surface area contributed by atoms with Gasteiger partial charge < -0.3 is 14.2 Å². The Hall–Kier alpha value is 0.110. The standard InChI is InChI=1S/C8H19O4P/c1-5-8(4,9)13(10,11-6-2)12-7-3/h9H,5-7H2,1-4H3. The van der Waals surface area contributed by atoms with Gasteiger partial charge in [0.1, 0.15) is 0 Å². The van der Waals surface area contributed by atoms with E-state index in [-0.39, 0.29) is 13.2 Å². The lowest BCUT2D eigenvalue weighted by Crippen LogP contribution is -2.25. The average Bonchev–Trinajstić information content (AvgIpc) is 2.05. The van der Waals surface area contributed by atoms with Crippen LogP contribution in [0.25, 0.3) is 0 Å². The zero-order chi connectivity index (χ0) is 10.5. The van der Waals surface area contributed by atoms with Crippen molar-refractivity contribution in [3.63, 3.8) is 0 Å². The fourth-order valence-electron chi connectivity index (χ4n) is 0.849. The molecule has 0 radical (unpaired) electrons. The van der Waals surface area contributed by atoms with Gasteiger partial charge in [0, 0.05) is 0 Å². The van der Waals surface area contributed by atoms with Gasteiger partial charge in [0.05, 0.1) is 13.2 Å². The Morgan fingerprint density at radius 3 is 1.85 bits per heavy atom. The minimum absolute atomic E-state index is 0.271. The van der Waals surface area contributed by atoms with Crippen molar-refractivity contribution in [3.05, 3.63) is 0 Å². The predicted molar refractivity (Wildman–Crippen MR) is 51.8 cm³/mol. The van der Waals surface area contributed by atoms with E-state index in [9.17, 15) is 9.67 Å². The van der Waals surface area contributed by atoms with Gasteiger partial charge in [0.2, 0.25) is 0 Å². The van der Waals surface area contributed by atoms with Crippen molar-refractivity contribution in [1.29, 1.82) is 0 Å². The quantitative estimate of drug-likeness (QED) is 0.684. The zero-order valence-corrected chi connectivity index (χ0v) is 9.63. The van der Waals surface area contributed by atoms with Gasteiger partial charge in [0.25, 0.3) is 0 Å². The number of hydrogen-bond acceptors (Lipinski definition) is 4. The SMILES string of the molecule is CCOP(=O)(OCC)C(C)(O)CC. The highest BCUT2D eigenvalue weighted by atomic mass is 31.2. The maximum absolute atomic E-state index is 12.0. The van der Waals surface area contributed by atoms with Crippen molar-refractivity contribution in [2.75, 3.05) is 13.2 Å². The van der Waals surface area contributed by atoms with E-state index in [1.807, 2.05) is 0 Å². The molecule has 0 bridgehead atoms. The molecule has 0 rings (SSSR count). The van der Waals surface area contributed by atoms with Gasteiger partial charge in [-0.2, -0.15) is 0 Å². The summed E-state index contributed by atoms with van der Waals surface area (Å²) in [5, 5.41) is 8.40. The topological polar surface area (TPSA) is 55.8 Å². The highest BCUT2D eigenvalue weighted by molar-refractivity contribution is 7.55. The lowest BCUT2D eigenvalue weighted by molar-refractivity contribution is 0.0786. The van der Waals surface area contributed by atoms with Crippen LogP contribution in [-0.4, -0.2) is 23.7 Å². The first-order valence-electron chi connectivity index (χ1n) is 4.55. The Bertz CT molecular complexity index is 181. The van der Waals surface area contributed by atoms with E-state index in [2.05, 4.69) is 0 Å². The van der Waals surface area contributed by atoms with Gasteiger partial charge in [-0.15, -0.1) is 0 Å². The summed E-state index contributed by atoms with van der Waals surface area (Å²) < 4.78 is 22.0. The third-order valence-corrected chi connectivity index (χ3v) is 4.55. The highest BCUT2D eigenvalue weighted by Gasteiger charge is 2.44. The van der Waals surface area contributed by atoms with Gasteiger partial charge in [-0.3, -0.25) is 4.57 Å². The summed E-state index contributed by atoms with van der Waals surface area (Å²) in [7, 11) is -3.37. The van der Waals surface area contributed by atoms with Crippen molar-refractivity contribution in [1.82, 2.24) is 0 Å². The number of aliphatic hydroxyl groups is 1. The molecule has 0 aliphatic carbocycles. The van der Waals surface area contributed by atoms with Gasteiger partial charge in [0.15, 0.2) is 5.34 Å². The number of hydrogen-bond donors (Lipinski definition) is 1. The van der Waals surface area contributed by atoms with E-state index in [1.165, 1.54) is 6.92 Å². The molecule has 80 valence electrons. The van der Waals surface area contributed by atoms with E-state index in [0.717, 1.165) is 0 Å². The van der Waals surface area contributed by atoms with Gasteiger partial charge in [-0.1, -0.05) is 6.92 Å². The molecular formula is C8H19O4P. The van der Waals surface area contributed by atoms with Crippen LogP contribution in [0, 0.1) is 0 Å². The van der Waals surface area contributed by atoms with E-state index < -0.39 is 12.9 Å². The molecule has 0 amide bonds. The van der Waals surface area contributed by atoms with Crippen LogP contribution in [0.15, 0.2) is 0 Å². The van der Waals surface area contributed by atoms with Crippen LogP contribution in [0.5, 0.6) is 0 Å². The minimum Gasteiger partial charge on any atom is -0.378 e. The van der Waals surface area contributed by atoms with Gasteiger partial charge in [-0.05, 0) is 27.2 Å².